The van der Waals surface area contributed by atoms with Crippen LogP contribution in [-0.2, 0) is 4.74 Å². The maximum Gasteiger partial charge on any atom is 0.356 e. The lowest BCUT2D eigenvalue weighted by molar-refractivity contribution is 0.0594. The van der Waals surface area contributed by atoms with Crippen LogP contribution in [0.1, 0.15) is 16.2 Å². The van der Waals surface area contributed by atoms with Crippen LogP contribution in [0.25, 0.3) is 11.0 Å². The second-order valence-electron chi connectivity index (χ2n) is 3.19. The highest BCUT2D eigenvalue weighted by Crippen LogP contribution is 2.11. The number of nitrogens with zero attached hydrogens (tertiary/aromatic N) is 2. The minimum atomic E-state index is -0.444. The van der Waals surface area contributed by atoms with Gasteiger partial charge < -0.3 is 4.74 Å². The number of carbonyl (C=O) groups is 1. The Morgan fingerprint density at radius 1 is 1.20 bits per heavy atom. The molecule has 76 valence electrons. The molecular formula is C11H10N2O2. The minimum absolute atomic E-state index is 0.281. The number of aryl methyl sites for hydroxylation is 1. The molecule has 0 aliphatic heterocycles. The highest BCUT2D eigenvalue weighted by Gasteiger charge is 2.07. The fraction of sp³-hybridized carbons (Fsp3) is 0.182. The van der Waals surface area contributed by atoms with Crippen LogP contribution in [0.4, 0.5) is 0 Å². The molecule has 0 saturated heterocycles. The lowest BCUT2D eigenvalue weighted by Crippen LogP contribution is -2.04. The summed E-state index contributed by atoms with van der Waals surface area (Å²) < 4.78 is 4.59. The Balaban J connectivity index is 2.59. The van der Waals surface area contributed by atoms with Gasteiger partial charge in [-0.15, -0.1) is 0 Å². The second kappa shape index (κ2) is 3.65. The molecule has 0 amide bonds. The third kappa shape index (κ3) is 1.79. The Bertz CT molecular complexity index is 523. The van der Waals surface area contributed by atoms with Crippen LogP contribution in [-0.4, -0.2) is 23.0 Å². The number of carbonyl (C=O) groups excluding carboxylic acids is 1. The molecule has 2 rings (SSSR count). The van der Waals surface area contributed by atoms with Crippen molar-refractivity contribution in [1.29, 1.82) is 0 Å². The molecule has 2 aromatic heterocycles. The molecule has 0 N–H and O–H groups in total. The maximum absolute atomic E-state index is 11.2. The summed E-state index contributed by atoms with van der Waals surface area (Å²) in [6, 6.07) is 7.26. The molecule has 0 saturated carbocycles. The Morgan fingerprint density at radius 3 is 2.67 bits per heavy atom. The van der Waals surface area contributed by atoms with Crippen molar-refractivity contribution in [2.45, 2.75) is 6.92 Å². The topological polar surface area (TPSA) is 52.1 Å². The van der Waals surface area contributed by atoms with Crippen LogP contribution < -0.4 is 0 Å². The summed E-state index contributed by atoms with van der Waals surface area (Å²) in [4.78, 5) is 19.6. The average molecular weight is 202 g/mol. The molecule has 0 radical (unpaired) electrons. The van der Waals surface area contributed by atoms with Gasteiger partial charge in [-0.2, -0.15) is 0 Å². The molecule has 0 aliphatic carbocycles. The number of esters is 1. The summed E-state index contributed by atoms with van der Waals surface area (Å²) in [5.74, 6) is -0.444. The van der Waals surface area contributed by atoms with Crippen molar-refractivity contribution in [2.24, 2.45) is 0 Å². The van der Waals surface area contributed by atoms with Crippen molar-refractivity contribution in [3.05, 3.63) is 35.7 Å². The largest absolute Gasteiger partial charge is 0.464 e. The zero-order valence-corrected chi connectivity index (χ0v) is 8.52. The number of rotatable bonds is 1. The molecule has 15 heavy (non-hydrogen) atoms. The van der Waals surface area contributed by atoms with Crippen LogP contribution in [0.2, 0.25) is 0 Å². The summed E-state index contributed by atoms with van der Waals surface area (Å²) >= 11 is 0. The van der Waals surface area contributed by atoms with Crippen LogP contribution in [0.15, 0.2) is 24.3 Å². The summed E-state index contributed by atoms with van der Waals surface area (Å²) in [7, 11) is 1.33. The van der Waals surface area contributed by atoms with Gasteiger partial charge in [0.25, 0.3) is 0 Å². The number of ether oxygens (including phenoxy) is 1. The van der Waals surface area contributed by atoms with Crippen LogP contribution in [0.3, 0.4) is 0 Å². The summed E-state index contributed by atoms with van der Waals surface area (Å²) in [6.45, 7) is 1.88. The molecule has 2 aromatic rings. The van der Waals surface area contributed by atoms with Crippen molar-refractivity contribution in [3.63, 3.8) is 0 Å². The predicted octanol–water partition coefficient (Wildman–Crippen LogP) is 1.72. The molecule has 4 nitrogen and oxygen atoms in total. The minimum Gasteiger partial charge on any atom is -0.464 e. The van der Waals surface area contributed by atoms with Crippen molar-refractivity contribution in [2.75, 3.05) is 7.11 Å². The Hall–Kier alpha value is -1.97. The summed E-state index contributed by atoms with van der Waals surface area (Å²) in [5, 5.41) is 0.910. The quantitative estimate of drug-likeness (QED) is 0.661. The first-order valence-corrected chi connectivity index (χ1v) is 4.53. The van der Waals surface area contributed by atoms with Gasteiger partial charge in [-0.05, 0) is 31.2 Å². The number of hydrogen-bond acceptors (Lipinski definition) is 4. The number of pyridine rings is 2. The van der Waals surface area contributed by atoms with Gasteiger partial charge in [-0.3, -0.25) is 0 Å². The molecule has 2 heterocycles. The van der Waals surface area contributed by atoms with Crippen molar-refractivity contribution < 1.29 is 9.53 Å². The first-order valence-electron chi connectivity index (χ1n) is 4.53. The SMILES string of the molecule is COC(=O)c1ccc2ccc(C)nc2n1. The number of hydrogen-bond donors (Lipinski definition) is 0. The lowest BCUT2D eigenvalue weighted by Gasteiger charge is -2.01. The van der Waals surface area contributed by atoms with Crippen molar-refractivity contribution in [1.82, 2.24) is 9.97 Å². The number of aromatic nitrogens is 2. The monoisotopic (exact) mass is 202 g/mol. The lowest BCUT2D eigenvalue weighted by atomic mass is 10.2. The van der Waals surface area contributed by atoms with E-state index in [1.807, 2.05) is 19.1 Å². The van der Waals surface area contributed by atoms with E-state index >= 15 is 0 Å². The van der Waals surface area contributed by atoms with Gasteiger partial charge in [0.15, 0.2) is 11.3 Å². The standard InChI is InChI=1S/C11H10N2O2/c1-7-3-4-8-5-6-9(11(14)15-2)13-10(8)12-7/h3-6H,1-2H3. The van der Waals surface area contributed by atoms with Gasteiger partial charge >= 0.3 is 5.97 Å². The molecule has 0 unspecified atom stereocenters. The van der Waals surface area contributed by atoms with E-state index in [1.165, 1.54) is 7.11 Å². The van der Waals surface area contributed by atoms with E-state index < -0.39 is 5.97 Å². The van der Waals surface area contributed by atoms with E-state index in [-0.39, 0.29) is 5.69 Å². The number of methoxy groups -OCH3 is 1. The molecule has 0 fully saturated rings. The normalized spacial score (nSPS) is 10.3. The third-order valence-electron chi connectivity index (χ3n) is 2.09. The zero-order valence-electron chi connectivity index (χ0n) is 8.52. The first kappa shape index (κ1) is 9.58. The van der Waals surface area contributed by atoms with Crippen molar-refractivity contribution >= 4 is 17.0 Å². The smallest absolute Gasteiger partial charge is 0.356 e. The van der Waals surface area contributed by atoms with Gasteiger partial charge in [-0.25, -0.2) is 14.8 Å². The van der Waals surface area contributed by atoms with Gasteiger partial charge in [0.1, 0.15) is 0 Å². The Labute approximate surface area is 86.9 Å². The fourth-order valence-corrected chi connectivity index (χ4v) is 1.31. The molecule has 0 aromatic carbocycles. The molecule has 4 heteroatoms. The summed E-state index contributed by atoms with van der Waals surface area (Å²) in [5.41, 5.74) is 1.72. The maximum atomic E-state index is 11.2. The molecule has 0 atom stereocenters. The summed E-state index contributed by atoms with van der Waals surface area (Å²) in [6.07, 6.45) is 0. The third-order valence-corrected chi connectivity index (χ3v) is 2.09. The fourth-order valence-electron chi connectivity index (χ4n) is 1.31. The van der Waals surface area contributed by atoms with Gasteiger partial charge in [-0.1, -0.05) is 0 Å². The van der Waals surface area contributed by atoms with Crippen LogP contribution in [0, 0.1) is 6.92 Å². The first-order chi connectivity index (χ1) is 7.20. The van der Waals surface area contributed by atoms with E-state index in [4.69, 9.17) is 0 Å². The highest BCUT2D eigenvalue weighted by molar-refractivity contribution is 5.90. The Kier molecular flexibility index (Phi) is 2.33. The average Bonchev–Trinajstić information content (AvgIpc) is 2.27. The zero-order chi connectivity index (χ0) is 10.8. The van der Waals surface area contributed by atoms with Gasteiger partial charge in [0.05, 0.1) is 7.11 Å². The molecule has 0 aliphatic rings. The second-order valence-corrected chi connectivity index (χ2v) is 3.19. The van der Waals surface area contributed by atoms with Crippen molar-refractivity contribution in [3.8, 4) is 0 Å². The Morgan fingerprint density at radius 2 is 1.93 bits per heavy atom. The molecule has 0 spiro atoms. The van der Waals surface area contributed by atoms with Crippen LogP contribution in [0.5, 0.6) is 0 Å². The van der Waals surface area contributed by atoms with Gasteiger partial charge in [0, 0.05) is 11.1 Å². The predicted molar refractivity (Wildman–Crippen MR) is 55.6 cm³/mol. The van der Waals surface area contributed by atoms with E-state index in [0.717, 1.165) is 11.1 Å². The number of fused-ring (bicyclic) bond motifs is 1. The van der Waals surface area contributed by atoms with Crippen LogP contribution >= 0.6 is 0 Å². The molecule has 0 bridgehead atoms. The van der Waals surface area contributed by atoms with E-state index in [2.05, 4.69) is 14.7 Å². The highest BCUT2D eigenvalue weighted by atomic mass is 16.5. The molecular weight excluding hydrogens is 192 g/mol. The van der Waals surface area contributed by atoms with E-state index in [9.17, 15) is 4.79 Å². The van der Waals surface area contributed by atoms with Gasteiger partial charge in [0.2, 0.25) is 0 Å². The van der Waals surface area contributed by atoms with E-state index in [1.54, 1.807) is 12.1 Å². The van der Waals surface area contributed by atoms with E-state index in [0.29, 0.717) is 5.65 Å².